The molecule has 19 heavy (non-hydrogen) atoms. The maximum Gasteiger partial charge on any atom is 0.0637 e. The molecule has 0 fully saturated rings. The van der Waals surface area contributed by atoms with Crippen molar-refractivity contribution in [2.24, 2.45) is 5.73 Å². The molecule has 0 heterocycles. The Labute approximate surface area is 116 Å². The third-order valence-corrected chi connectivity index (χ3v) is 3.72. The Morgan fingerprint density at radius 3 is 2.32 bits per heavy atom. The second-order valence-electron chi connectivity index (χ2n) is 5.52. The molecule has 0 aliphatic heterocycles. The minimum atomic E-state index is -0.433. The van der Waals surface area contributed by atoms with E-state index in [4.69, 9.17) is 5.73 Å². The largest absolute Gasteiger partial charge is 0.318 e. The van der Waals surface area contributed by atoms with Crippen LogP contribution in [0, 0.1) is 6.92 Å². The van der Waals surface area contributed by atoms with E-state index in [2.05, 4.69) is 69.3 Å². The quantitative estimate of drug-likeness (QED) is 0.869. The Balaban J connectivity index is 2.37. The van der Waals surface area contributed by atoms with E-state index < -0.39 is 5.54 Å². The summed E-state index contributed by atoms with van der Waals surface area (Å²) in [5.74, 6) is 0. The van der Waals surface area contributed by atoms with Gasteiger partial charge in [0.15, 0.2) is 0 Å². The molecule has 2 rings (SSSR count). The number of hydrogen-bond donors (Lipinski definition) is 1. The lowest BCUT2D eigenvalue weighted by Gasteiger charge is -2.26. The fourth-order valence-electron chi connectivity index (χ4n) is 2.41. The van der Waals surface area contributed by atoms with Gasteiger partial charge in [0.2, 0.25) is 0 Å². The van der Waals surface area contributed by atoms with Crippen LogP contribution in [0.15, 0.2) is 48.5 Å². The third kappa shape index (κ3) is 3.05. The van der Waals surface area contributed by atoms with Crippen LogP contribution in [0.2, 0.25) is 0 Å². The highest BCUT2D eigenvalue weighted by atomic mass is 14.7. The van der Waals surface area contributed by atoms with Crippen LogP contribution < -0.4 is 5.73 Å². The molecular weight excluding hydrogens is 230 g/mol. The van der Waals surface area contributed by atoms with Gasteiger partial charge in [-0.3, -0.25) is 0 Å². The average molecular weight is 253 g/mol. The molecule has 0 aliphatic rings. The molecule has 2 aromatic carbocycles. The van der Waals surface area contributed by atoms with Gasteiger partial charge in [0.05, 0.1) is 5.54 Å². The van der Waals surface area contributed by atoms with E-state index in [9.17, 15) is 0 Å². The maximum absolute atomic E-state index is 6.57. The summed E-state index contributed by atoms with van der Waals surface area (Å²) in [7, 11) is 0. The zero-order valence-corrected chi connectivity index (χ0v) is 12.1. The van der Waals surface area contributed by atoms with Crippen LogP contribution in [0.25, 0.3) is 0 Å². The minimum absolute atomic E-state index is 0.433. The van der Waals surface area contributed by atoms with Crippen LogP contribution in [0.4, 0.5) is 0 Å². The lowest BCUT2D eigenvalue weighted by molar-refractivity contribution is 0.602. The van der Waals surface area contributed by atoms with Crippen LogP contribution in [-0.2, 0) is 12.0 Å². The smallest absolute Gasteiger partial charge is 0.0637 e. The molecule has 2 N–H and O–H groups in total. The lowest BCUT2D eigenvalue weighted by atomic mass is 9.84. The molecule has 1 unspecified atom stereocenters. The van der Waals surface area contributed by atoms with Gasteiger partial charge in [-0.1, -0.05) is 67.4 Å². The summed E-state index contributed by atoms with van der Waals surface area (Å²) < 4.78 is 0. The van der Waals surface area contributed by atoms with Gasteiger partial charge in [-0.05, 0) is 37.0 Å². The second-order valence-corrected chi connectivity index (χ2v) is 5.52. The molecule has 2 aromatic rings. The van der Waals surface area contributed by atoms with E-state index in [1.165, 1.54) is 16.7 Å². The van der Waals surface area contributed by atoms with Crippen LogP contribution in [0.3, 0.4) is 0 Å². The summed E-state index contributed by atoms with van der Waals surface area (Å²) >= 11 is 0. The van der Waals surface area contributed by atoms with Gasteiger partial charge in [0.1, 0.15) is 0 Å². The van der Waals surface area contributed by atoms with Crippen molar-refractivity contribution in [2.75, 3.05) is 0 Å². The standard InChI is InChI=1S/C18H23N/c1-4-6-15-7-5-8-17(13-15)18(3,19)16-11-9-14(2)10-12-16/h5,7-13H,4,6,19H2,1-3H3. The molecule has 1 heteroatoms. The van der Waals surface area contributed by atoms with Gasteiger partial charge in [0, 0.05) is 0 Å². The van der Waals surface area contributed by atoms with Crippen molar-refractivity contribution in [3.8, 4) is 0 Å². The first-order chi connectivity index (χ1) is 9.04. The summed E-state index contributed by atoms with van der Waals surface area (Å²) in [6, 6.07) is 17.1. The predicted octanol–water partition coefficient (Wildman–Crippen LogP) is 4.17. The highest BCUT2D eigenvalue weighted by Crippen LogP contribution is 2.27. The molecule has 0 spiro atoms. The Hall–Kier alpha value is -1.60. The van der Waals surface area contributed by atoms with E-state index in [1.807, 2.05) is 0 Å². The van der Waals surface area contributed by atoms with E-state index in [0.29, 0.717) is 0 Å². The van der Waals surface area contributed by atoms with Crippen molar-refractivity contribution >= 4 is 0 Å². The molecule has 0 radical (unpaired) electrons. The zero-order chi connectivity index (χ0) is 13.9. The highest BCUT2D eigenvalue weighted by molar-refractivity contribution is 5.39. The van der Waals surface area contributed by atoms with Crippen molar-refractivity contribution < 1.29 is 0 Å². The summed E-state index contributed by atoms with van der Waals surface area (Å²) in [5, 5.41) is 0. The first-order valence-electron chi connectivity index (χ1n) is 6.99. The summed E-state index contributed by atoms with van der Waals surface area (Å²) in [4.78, 5) is 0. The van der Waals surface area contributed by atoms with Crippen molar-refractivity contribution in [3.63, 3.8) is 0 Å². The Morgan fingerprint density at radius 1 is 1.00 bits per heavy atom. The van der Waals surface area contributed by atoms with Gasteiger partial charge in [0.25, 0.3) is 0 Å². The van der Waals surface area contributed by atoms with Gasteiger partial charge in [-0.2, -0.15) is 0 Å². The van der Waals surface area contributed by atoms with Crippen LogP contribution >= 0.6 is 0 Å². The molecule has 1 nitrogen and oxygen atoms in total. The molecule has 0 bridgehead atoms. The molecule has 0 saturated heterocycles. The summed E-state index contributed by atoms with van der Waals surface area (Å²) in [5.41, 5.74) is 11.1. The van der Waals surface area contributed by atoms with Crippen LogP contribution in [0.5, 0.6) is 0 Å². The first kappa shape index (κ1) is 13.8. The topological polar surface area (TPSA) is 26.0 Å². The summed E-state index contributed by atoms with van der Waals surface area (Å²) in [6.07, 6.45) is 2.27. The number of nitrogens with two attached hydrogens (primary N) is 1. The molecule has 100 valence electrons. The molecule has 1 atom stereocenters. The Kier molecular flexibility index (Phi) is 4.06. The molecule has 0 amide bonds. The van der Waals surface area contributed by atoms with Crippen LogP contribution in [0.1, 0.15) is 42.5 Å². The normalized spacial score (nSPS) is 14.1. The fraction of sp³-hybridized carbons (Fsp3) is 0.333. The minimum Gasteiger partial charge on any atom is -0.318 e. The first-order valence-corrected chi connectivity index (χ1v) is 6.99. The molecule has 0 aliphatic carbocycles. The molecular formula is C18H23N. The highest BCUT2D eigenvalue weighted by Gasteiger charge is 2.23. The molecule has 0 aromatic heterocycles. The van der Waals surface area contributed by atoms with E-state index >= 15 is 0 Å². The van der Waals surface area contributed by atoms with E-state index in [1.54, 1.807) is 0 Å². The van der Waals surface area contributed by atoms with Gasteiger partial charge >= 0.3 is 0 Å². The number of benzene rings is 2. The van der Waals surface area contributed by atoms with Crippen molar-refractivity contribution in [3.05, 3.63) is 70.8 Å². The van der Waals surface area contributed by atoms with Gasteiger partial charge in [-0.15, -0.1) is 0 Å². The SMILES string of the molecule is CCCc1cccc(C(C)(N)c2ccc(C)cc2)c1. The Morgan fingerprint density at radius 2 is 1.68 bits per heavy atom. The van der Waals surface area contributed by atoms with Gasteiger partial charge < -0.3 is 5.73 Å². The van der Waals surface area contributed by atoms with Crippen LogP contribution in [-0.4, -0.2) is 0 Å². The lowest BCUT2D eigenvalue weighted by Crippen LogP contribution is -2.34. The van der Waals surface area contributed by atoms with E-state index in [-0.39, 0.29) is 0 Å². The third-order valence-electron chi connectivity index (χ3n) is 3.72. The predicted molar refractivity (Wildman–Crippen MR) is 82.3 cm³/mol. The monoisotopic (exact) mass is 253 g/mol. The van der Waals surface area contributed by atoms with Crippen molar-refractivity contribution in [1.29, 1.82) is 0 Å². The van der Waals surface area contributed by atoms with E-state index in [0.717, 1.165) is 18.4 Å². The number of rotatable bonds is 4. The fourth-order valence-corrected chi connectivity index (χ4v) is 2.41. The Bertz CT molecular complexity index is 538. The van der Waals surface area contributed by atoms with Crippen molar-refractivity contribution in [2.45, 2.75) is 39.2 Å². The number of aryl methyl sites for hydroxylation is 2. The summed E-state index contributed by atoms with van der Waals surface area (Å²) in [6.45, 7) is 6.39. The maximum atomic E-state index is 6.57. The van der Waals surface area contributed by atoms with Gasteiger partial charge in [-0.25, -0.2) is 0 Å². The van der Waals surface area contributed by atoms with Crippen molar-refractivity contribution in [1.82, 2.24) is 0 Å². The second kappa shape index (κ2) is 5.58. The average Bonchev–Trinajstić information content (AvgIpc) is 2.40. The number of hydrogen-bond acceptors (Lipinski definition) is 1. The zero-order valence-electron chi connectivity index (χ0n) is 12.1. The molecule has 0 saturated carbocycles.